The van der Waals surface area contributed by atoms with Crippen LogP contribution in [0.5, 0.6) is 0 Å². The average molecular weight is 454 g/mol. The molecular weight excluding hydrogens is 433 g/mol. The Morgan fingerprint density at radius 1 is 0.724 bits per heavy atom. The van der Waals surface area contributed by atoms with Crippen molar-refractivity contribution in [2.24, 2.45) is 0 Å². The molecule has 2 aromatic carbocycles. The van der Waals surface area contributed by atoms with E-state index in [1.165, 1.54) is 6.82 Å². The van der Waals surface area contributed by atoms with Crippen LogP contribution in [0, 0.1) is 6.92 Å². The Labute approximate surface area is 184 Å². The van der Waals surface area contributed by atoms with Gasteiger partial charge in [0, 0.05) is 10.8 Å². The highest BCUT2D eigenvalue weighted by molar-refractivity contribution is 6.39. The zero-order valence-corrected chi connectivity index (χ0v) is 17.3. The van der Waals surface area contributed by atoms with Gasteiger partial charge in [-0.25, -0.2) is 19.9 Å². The van der Waals surface area contributed by atoms with Gasteiger partial charge in [-0.05, 0) is 55.1 Å². The maximum Gasteiger partial charge on any atom is 0.448 e. The van der Waals surface area contributed by atoms with Crippen molar-refractivity contribution in [3.8, 4) is 0 Å². The van der Waals surface area contributed by atoms with Gasteiger partial charge in [-0.1, -0.05) is 49.4 Å². The standard InChI is InChI=1S/C9H7ClN2.C8H4Cl2N2.CH5BO2.CH4/c1-6-7-4-2-3-5-8(7)12-9(10)11-6;9-7-5-3-1-2-4-6(5)11-8(10)12-7;1-2(3)4;/h2-5H,1H3;1-4H;3-4H,1H3;1H4. The van der Waals surface area contributed by atoms with Crippen LogP contribution in [0.2, 0.25) is 22.5 Å². The molecule has 2 aromatic heterocycles. The average Bonchev–Trinajstić information content (AvgIpc) is 2.61. The van der Waals surface area contributed by atoms with Crippen LogP contribution in [0.1, 0.15) is 13.1 Å². The number of para-hydroxylation sites is 2. The third kappa shape index (κ3) is 7.72. The summed E-state index contributed by atoms with van der Waals surface area (Å²) in [4.78, 5) is 16.0. The molecule has 0 saturated heterocycles. The zero-order valence-electron chi connectivity index (χ0n) is 15.0. The second-order valence-electron chi connectivity index (χ2n) is 5.53. The van der Waals surface area contributed by atoms with Gasteiger partial charge in [0.05, 0.1) is 16.7 Å². The highest BCUT2D eigenvalue weighted by Crippen LogP contribution is 2.21. The number of rotatable bonds is 0. The Balaban J connectivity index is 0.000000239. The molecule has 0 aliphatic carbocycles. The number of hydrogen-bond donors (Lipinski definition) is 2. The van der Waals surface area contributed by atoms with E-state index >= 15 is 0 Å². The first-order valence-corrected chi connectivity index (χ1v) is 9.24. The van der Waals surface area contributed by atoms with Crippen LogP contribution in [-0.4, -0.2) is 37.1 Å². The van der Waals surface area contributed by atoms with Gasteiger partial charge in [-0.2, -0.15) is 0 Å². The second-order valence-corrected chi connectivity index (χ2v) is 6.56. The smallest absolute Gasteiger partial charge is 0.427 e. The summed E-state index contributed by atoms with van der Waals surface area (Å²) >= 11 is 17.1. The largest absolute Gasteiger partial charge is 0.448 e. The topological polar surface area (TPSA) is 92.0 Å². The quantitative estimate of drug-likeness (QED) is 0.215. The Morgan fingerprint density at radius 3 is 1.69 bits per heavy atom. The molecule has 0 unspecified atom stereocenters. The van der Waals surface area contributed by atoms with Crippen molar-refractivity contribution < 1.29 is 10.0 Å². The molecule has 0 atom stereocenters. The summed E-state index contributed by atoms with van der Waals surface area (Å²) in [6.45, 7) is 3.20. The first kappa shape index (κ1) is 25.0. The summed E-state index contributed by atoms with van der Waals surface area (Å²) in [5.41, 5.74) is 2.59. The van der Waals surface area contributed by atoms with Gasteiger partial charge >= 0.3 is 7.12 Å². The van der Waals surface area contributed by atoms with Crippen LogP contribution in [0.3, 0.4) is 0 Å². The summed E-state index contributed by atoms with van der Waals surface area (Å²) in [5, 5.41) is 18.0. The third-order valence-corrected chi connectivity index (χ3v) is 3.92. The number of nitrogens with zero attached hydrogens (tertiary/aromatic N) is 4. The Kier molecular flexibility index (Phi) is 10.2. The van der Waals surface area contributed by atoms with Crippen molar-refractivity contribution in [2.45, 2.75) is 21.2 Å². The highest BCUT2D eigenvalue weighted by atomic mass is 35.5. The minimum Gasteiger partial charge on any atom is -0.427 e. The van der Waals surface area contributed by atoms with Gasteiger partial charge in [0.15, 0.2) is 0 Å². The van der Waals surface area contributed by atoms with Crippen LogP contribution >= 0.6 is 34.8 Å². The molecule has 0 aliphatic heterocycles. The van der Waals surface area contributed by atoms with Crippen molar-refractivity contribution in [3.63, 3.8) is 0 Å². The number of hydrogen-bond acceptors (Lipinski definition) is 6. The van der Waals surface area contributed by atoms with E-state index in [4.69, 9.17) is 44.9 Å². The summed E-state index contributed by atoms with van der Waals surface area (Å²) in [6, 6.07) is 15.3. The van der Waals surface area contributed by atoms with Gasteiger partial charge in [0.25, 0.3) is 0 Å². The lowest BCUT2D eigenvalue weighted by Crippen LogP contribution is -2.00. The maximum absolute atomic E-state index is 7.61. The molecule has 0 bridgehead atoms. The second kappa shape index (κ2) is 11.9. The first-order chi connectivity index (χ1) is 13.3. The first-order valence-electron chi connectivity index (χ1n) is 8.10. The molecule has 6 nitrogen and oxygen atoms in total. The Hall–Kier alpha value is -2.03. The zero-order chi connectivity index (χ0) is 20.7. The molecule has 0 saturated carbocycles. The van der Waals surface area contributed by atoms with Gasteiger partial charge < -0.3 is 10.0 Å². The van der Waals surface area contributed by atoms with E-state index in [2.05, 4.69) is 19.9 Å². The fraction of sp³-hybridized carbons (Fsp3) is 0.158. The van der Waals surface area contributed by atoms with Crippen molar-refractivity contribution in [3.05, 3.63) is 69.9 Å². The fourth-order valence-corrected chi connectivity index (χ4v) is 2.89. The lowest BCUT2D eigenvalue weighted by molar-refractivity contribution is 0.417. The van der Waals surface area contributed by atoms with E-state index in [1.54, 1.807) is 0 Å². The minimum atomic E-state index is -1.17. The fourth-order valence-electron chi connectivity index (χ4n) is 2.21. The highest BCUT2D eigenvalue weighted by Gasteiger charge is 2.02. The number of aromatic nitrogens is 4. The van der Waals surface area contributed by atoms with E-state index in [0.717, 1.165) is 27.5 Å². The van der Waals surface area contributed by atoms with Gasteiger partial charge in [0.1, 0.15) is 5.15 Å². The van der Waals surface area contributed by atoms with Crippen molar-refractivity contribution in [2.75, 3.05) is 0 Å². The molecule has 0 aliphatic rings. The van der Waals surface area contributed by atoms with Gasteiger partial charge in [-0.3, -0.25) is 0 Å². The van der Waals surface area contributed by atoms with Crippen LogP contribution in [0.25, 0.3) is 21.8 Å². The Morgan fingerprint density at radius 2 is 1.14 bits per heavy atom. The lowest BCUT2D eigenvalue weighted by Gasteiger charge is -1.99. The summed E-state index contributed by atoms with van der Waals surface area (Å²) < 4.78 is 0. The molecule has 0 amide bonds. The number of aryl methyl sites for hydroxylation is 1. The molecule has 0 radical (unpaired) electrons. The molecular formula is C19H20BCl3N4O2. The van der Waals surface area contributed by atoms with Gasteiger partial charge in [0.2, 0.25) is 10.6 Å². The molecule has 2 N–H and O–H groups in total. The van der Waals surface area contributed by atoms with E-state index < -0.39 is 7.12 Å². The van der Waals surface area contributed by atoms with Gasteiger partial charge in [-0.15, -0.1) is 0 Å². The molecule has 4 rings (SSSR count). The van der Waals surface area contributed by atoms with Crippen molar-refractivity contribution in [1.29, 1.82) is 0 Å². The third-order valence-electron chi connectivity index (χ3n) is 3.30. The van der Waals surface area contributed by atoms with E-state index in [0.29, 0.717) is 10.4 Å². The molecule has 152 valence electrons. The van der Waals surface area contributed by atoms with E-state index in [-0.39, 0.29) is 12.7 Å². The van der Waals surface area contributed by atoms with Crippen LogP contribution in [0.4, 0.5) is 0 Å². The predicted octanol–water partition coefficient (Wildman–Crippen LogP) is 5.25. The van der Waals surface area contributed by atoms with Crippen LogP contribution in [-0.2, 0) is 0 Å². The normalized spacial score (nSPS) is 9.62. The monoisotopic (exact) mass is 452 g/mol. The SMILES string of the molecule is C.CB(O)O.Cc1nc(Cl)nc2ccccc12.Clc1nc(Cl)c2ccccc2n1. The maximum atomic E-state index is 7.61. The molecule has 2 heterocycles. The molecule has 4 aromatic rings. The summed E-state index contributed by atoms with van der Waals surface area (Å²) in [7, 11) is -1.17. The lowest BCUT2D eigenvalue weighted by atomic mass is 9.99. The number of fused-ring (bicyclic) bond motifs is 2. The summed E-state index contributed by atoms with van der Waals surface area (Å²) in [5.74, 6) is 0. The number of halogens is 3. The molecule has 29 heavy (non-hydrogen) atoms. The van der Waals surface area contributed by atoms with Crippen LogP contribution < -0.4 is 0 Å². The molecule has 0 spiro atoms. The minimum absolute atomic E-state index is 0. The summed E-state index contributed by atoms with van der Waals surface area (Å²) in [6.07, 6.45) is 0. The van der Waals surface area contributed by atoms with Crippen molar-refractivity contribution in [1.82, 2.24) is 19.9 Å². The van der Waals surface area contributed by atoms with E-state index in [9.17, 15) is 0 Å². The van der Waals surface area contributed by atoms with E-state index in [1.807, 2.05) is 55.5 Å². The predicted molar refractivity (Wildman–Crippen MR) is 122 cm³/mol. The van der Waals surface area contributed by atoms with Crippen molar-refractivity contribution >= 4 is 63.7 Å². The number of benzene rings is 2. The Bertz CT molecular complexity index is 998. The van der Waals surface area contributed by atoms with Crippen LogP contribution in [0.15, 0.2) is 48.5 Å². The molecule has 10 heteroatoms. The molecule has 0 fully saturated rings.